The Labute approximate surface area is 146 Å². The lowest BCUT2D eigenvalue weighted by atomic mass is 10.1. The van der Waals surface area contributed by atoms with Crippen molar-refractivity contribution in [3.8, 4) is 0 Å². The Hall–Kier alpha value is -2.96. The van der Waals surface area contributed by atoms with E-state index < -0.39 is 0 Å². The van der Waals surface area contributed by atoms with Crippen molar-refractivity contribution in [3.05, 3.63) is 47.5 Å². The molecule has 0 bridgehead atoms. The molecular formula is C18H21N5O2. The lowest BCUT2D eigenvalue weighted by Crippen LogP contribution is -2.48. The van der Waals surface area contributed by atoms with Crippen LogP contribution in [0.4, 0.5) is 11.6 Å². The average Bonchev–Trinajstić information content (AvgIpc) is 2.63. The molecule has 7 heteroatoms. The standard InChI is InChI=1S/C18H21N5O2/c1-13-5-3-4-6-15(13)18(25)19-16-7-8-17(21-20-16)23-11-9-22(10-12-23)14(2)24/h3-8H,9-12H2,1-2H3,(H,19,20,25). The lowest BCUT2D eigenvalue weighted by Gasteiger charge is -2.34. The molecular weight excluding hydrogens is 318 g/mol. The van der Waals surface area contributed by atoms with E-state index in [1.54, 1.807) is 19.1 Å². The van der Waals surface area contributed by atoms with E-state index in [0.29, 0.717) is 24.5 Å². The number of benzene rings is 1. The molecule has 2 amide bonds. The molecule has 0 unspecified atom stereocenters. The third-order valence-electron chi connectivity index (χ3n) is 4.33. The highest BCUT2D eigenvalue weighted by molar-refractivity contribution is 6.04. The van der Waals surface area contributed by atoms with Crippen LogP contribution >= 0.6 is 0 Å². The van der Waals surface area contributed by atoms with Crippen molar-refractivity contribution in [1.82, 2.24) is 15.1 Å². The van der Waals surface area contributed by atoms with Gasteiger partial charge in [-0.25, -0.2) is 0 Å². The van der Waals surface area contributed by atoms with E-state index in [1.165, 1.54) is 0 Å². The molecule has 0 spiro atoms. The Morgan fingerprint density at radius 2 is 1.72 bits per heavy atom. The summed E-state index contributed by atoms with van der Waals surface area (Å²) in [6.07, 6.45) is 0. The van der Waals surface area contributed by atoms with Crippen LogP contribution < -0.4 is 10.2 Å². The molecule has 1 aromatic carbocycles. The Morgan fingerprint density at radius 3 is 2.32 bits per heavy atom. The molecule has 1 saturated heterocycles. The number of amides is 2. The van der Waals surface area contributed by atoms with Gasteiger partial charge in [0.15, 0.2) is 11.6 Å². The van der Waals surface area contributed by atoms with Gasteiger partial charge in [0.25, 0.3) is 5.91 Å². The molecule has 1 fully saturated rings. The summed E-state index contributed by atoms with van der Waals surface area (Å²) < 4.78 is 0. The van der Waals surface area contributed by atoms with Crippen LogP contribution in [0.15, 0.2) is 36.4 Å². The van der Waals surface area contributed by atoms with Gasteiger partial charge in [-0.05, 0) is 30.7 Å². The highest BCUT2D eigenvalue weighted by atomic mass is 16.2. The van der Waals surface area contributed by atoms with Crippen LogP contribution in [-0.4, -0.2) is 53.1 Å². The van der Waals surface area contributed by atoms with Crippen LogP contribution in [-0.2, 0) is 4.79 Å². The zero-order valence-corrected chi connectivity index (χ0v) is 14.4. The first-order chi connectivity index (χ1) is 12.0. The van der Waals surface area contributed by atoms with Crippen molar-refractivity contribution in [2.24, 2.45) is 0 Å². The van der Waals surface area contributed by atoms with Gasteiger partial charge in [-0.2, -0.15) is 0 Å². The van der Waals surface area contributed by atoms with Crippen molar-refractivity contribution >= 4 is 23.5 Å². The van der Waals surface area contributed by atoms with E-state index in [0.717, 1.165) is 24.5 Å². The van der Waals surface area contributed by atoms with Crippen molar-refractivity contribution in [2.45, 2.75) is 13.8 Å². The van der Waals surface area contributed by atoms with Crippen molar-refractivity contribution in [1.29, 1.82) is 0 Å². The number of carbonyl (C=O) groups excluding carboxylic acids is 2. The van der Waals surface area contributed by atoms with E-state index in [2.05, 4.69) is 20.4 Å². The summed E-state index contributed by atoms with van der Waals surface area (Å²) in [6, 6.07) is 11.0. The second-order valence-corrected chi connectivity index (χ2v) is 6.04. The van der Waals surface area contributed by atoms with Crippen LogP contribution in [0, 0.1) is 6.92 Å². The summed E-state index contributed by atoms with van der Waals surface area (Å²) in [5.41, 5.74) is 1.53. The molecule has 0 atom stereocenters. The van der Waals surface area contributed by atoms with Gasteiger partial charge in [0.2, 0.25) is 5.91 Å². The minimum Gasteiger partial charge on any atom is -0.352 e. The molecule has 7 nitrogen and oxygen atoms in total. The predicted molar refractivity (Wildman–Crippen MR) is 95.6 cm³/mol. The smallest absolute Gasteiger partial charge is 0.257 e. The predicted octanol–water partition coefficient (Wildman–Crippen LogP) is 1.71. The number of rotatable bonds is 3. The Kier molecular flexibility index (Phi) is 4.92. The maximum atomic E-state index is 12.3. The number of anilines is 2. The zero-order valence-electron chi connectivity index (χ0n) is 14.4. The van der Waals surface area contributed by atoms with Crippen molar-refractivity contribution in [3.63, 3.8) is 0 Å². The first-order valence-corrected chi connectivity index (χ1v) is 8.26. The highest BCUT2D eigenvalue weighted by Gasteiger charge is 2.20. The quantitative estimate of drug-likeness (QED) is 0.921. The molecule has 130 valence electrons. The maximum Gasteiger partial charge on any atom is 0.257 e. The van der Waals surface area contributed by atoms with Crippen LogP contribution in [0.5, 0.6) is 0 Å². The fourth-order valence-corrected chi connectivity index (χ4v) is 2.82. The van der Waals surface area contributed by atoms with Gasteiger partial charge in [0.1, 0.15) is 0 Å². The van der Waals surface area contributed by atoms with Gasteiger partial charge in [0, 0.05) is 38.7 Å². The van der Waals surface area contributed by atoms with Crippen molar-refractivity contribution in [2.75, 3.05) is 36.4 Å². The molecule has 0 aliphatic carbocycles. The second kappa shape index (κ2) is 7.29. The third kappa shape index (κ3) is 3.93. The summed E-state index contributed by atoms with van der Waals surface area (Å²) in [5, 5.41) is 11.1. The molecule has 1 N–H and O–H groups in total. The number of nitrogens with one attached hydrogen (secondary N) is 1. The first-order valence-electron chi connectivity index (χ1n) is 8.26. The number of hydrogen-bond acceptors (Lipinski definition) is 5. The lowest BCUT2D eigenvalue weighted by molar-refractivity contribution is -0.129. The molecule has 2 aromatic rings. The van der Waals surface area contributed by atoms with Gasteiger partial charge < -0.3 is 15.1 Å². The molecule has 3 rings (SSSR count). The van der Waals surface area contributed by atoms with Gasteiger partial charge >= 0.3 is 0 Å². The molecule has 0 saturated carbocycles. The van der Waals surface area contributed by atoms with E-state index in [1.807, 2.05) is 36.1 Å². The summed E-state index contributed by atoms with van der Waals surface area (Å²) in [6.45, 7) is 6.30. The monoisotopic (exact) mass is 339 g/mol. The third-order valence-corrected chi connectivity index (χ3v) is 4.33. The number of carbonyl (C=O) groups is 2. The second-order valence-electron chi connectivity index (χ2n) is 6.04. The number of piperazine rings is 1. The van der Waals surface area contributed by atoms with Crippen molar-refractivity contribution < 1.29 is 9.59 Å². The summed E-state index contributed by atoms with van der Waals surface area (Å²) >= 11 is 0. The highest BCUT2D eigenvalue weighted by Crippen LogP contribution is 2.15. The minimum atomic E-state index is -0.199. The number of aromatic nitrogens is 2. The molecule has 1 aromatic heterocycles. The van der Waals surface area contributed by atoms with Crippen LogP contribution in [0.25, 0.3) is 0 Å². The summed E-state index contributed by atoms with van der Waals surface area (Å²) in [5.74, 6) is 1.06. The average molecular weight is 339 g/mol. The van der Waals surface area contributed by atoms with Gasteiger partial charge in [0.05, 0.1) is 0 Å². The molecule has 2 heterocycles. The topological polar surface area (TPSA) is 78.4 Å². The number of aryl methyl sites for hydroxylation is 1. The van der Waals surface area contributed by atoms with E-state index in [4.69, 9.17) is 0 Å². The fraction of sp³-hybridized carbons (Fsp3) is 0.333. The Bertz CT molecular complexity index is 767. The van der Waals surface area contributed by atoms with Crippen LogP contribution in [0.2, 0.25) is 0 Å². The molecule has 25 heavy (non-hydrogen) atoms. The summed E-state index contributed by atoms with van der Waals surface area (Å²) in [7, 11) is 0. The Morgan fingerprint density at radius 1 is 1.00 bits per heavy atom. The number of hydrogen-bond donors (Lipinski definition) is 1. The fourth-order valence-electron chi connectivity index (χ4n) is 2.82. The van der Waals surface area contributed by atoms with E-state index >= 15 is 0 Å². The zero-order chi connectivity index (χ0) is 17.8. The summed E-state index contributed by atoms with van der Waals surface area (Å²) in [4.78, 5) is 27.6. The molecule has 0 radical (unpaired) electrons. The SMILES string of the molecule is CC(=O)N1CCN(c2ccc(NC(=O)c3ccccc3C)nn2)CC1. The van der Waals surface area contributed by atoms with E-state index in [9.17, 15) is 9.59 Å². The van der Waals surface area contributed by atoms with Gasteiger partial charge in [-0.1, -0.05) is 18.2 Å². The minimum absolute atomic E-state index is 0.0972. The number of nitrogens with zero attached hydrogens (tertiary/aromatic N) is 4. The van der Waals surface area contributed by atoms with Gasteiger partial charge in [-0.15, -0.1) is 10.2 Å². The molecule has 1 aliphatic rings. The Balaban J connectivity index is 1.62. The van der Waals surface area contributed by atoms with Gasteiger partial charge in [-0.3, -0.25) is 9.59 Å². The van der Waals surface area contributed by atoms with Crippen LogP contribution in [0.3, 0.4) is 0 Å². The first kappa shape index (κ1) is 16.9. The maximum absolute atomic E-state index is 12.3. The van der Waals surface area contributed by atoms with E-state index in [-0.39, 0.29) is 11.8 Å². The molecule has 1 aliphatic heterocycles. The van der Waals surface area contributed by atoms with Crippen LogP contribution in [0.1, 0.15) is 22.8 Å². The largest absolute Gasteiger partial charge is 0.352 e. The normalized spacial score (nSPS) is 14.3.